The SMILES string of the molecule is COc1cc(OC)c(CNC(=O)C2(N)CCCC2)c(OC)c1.Cl. The number of nitrogens with two attached hydrogens (primary N) is 1. The van der Waals surface area contributed by atoms with E-state index in [4.69, 9.17) is 19.9 Å². The second-order valence-corrected chi connectivity index (χ2v) is 5.56. The van der Waals surface area contributed by atoms with Crippen molar-refractivity contribution in [3.05, 3.63) is 17.7 Å². The van der Waals surface area contributed by atoms with Crippen LogP contribution >= 0.6 is 12.4 Å². The fourth-order valence-corrected chi connectivity index (χ4v) is 2.83. The van der Waals surface area contributed by atoms with E-state index in [2.05, 4.69) is 5.32 Å². The summed E-state index contributed by atoms with van der Waals surface area (Å²) in [5.41, 5.74) is 6.18. The van der Waals surface area contributed by atoms with Gasteiger partial charge in [-0.3, -0.25) is 4.79 Å². The van der Waals surface area contributed by atoms with Crippen molar-refractivity contribution in [3.8, 4) is 17.2 Å². The van der Waals surface area contributed by atoms with Crippen LogP contribution in [-0.2, 0) is 11.3 Å². The number of carbonyl (C=O) groups excluding carboxylic acids is 1. The molecule has 1 aromatic rings. The number of nitrogens with one attached hydrogen (secondary N) is 1. The van der Waals surface area contributed by atoms with Crippen LogP contribution in [0.4, 0.5) is 0 Å². The predicted molar refractivity (Wildman–Crippen MR) is 90.6 cm³/mol. The van der Waals surface area contributed by atoms with Crippen molar-refractivity contribution in [1.29, 1.82) is 0 Å². The maximum Gasteiger partial charge on any atom is 0.240 e. The Morgan fingerprint density at radius 1 is 1.13 bits per heavy atom. The molecule has 0 bridgehead atoms. The van der Waals surface area contributed by atoms with E-state index in [1.54, 1.807) is 33.5 Å². The second-order valence-electron chi connectivity index (χ2n) is 5.56. The van der Waals surface area contributed by atoms with Gasteiger partial charge in [0.25, 0.3) is 0 Å². The molecule has 6 nitrogen and oxygen atoms in total. The van der Waals surface area contributed by atoms with Gasteiger partial charge in [0.05, 0.1) is 39.0 Å². The highest BCUT2D eigenvalue weighted by Gasteiger charge is 2.36. The van der Waals surface area contributed by atoms with Crippen LogP contribution in [0.1, 0.15) is 31.2 Å². The van der Waals surface area contributed by atoms with E-state index in [0.717, 1.165) is 31.2 Å². The molecule has 0 saturated heterocycles. The fourth-order valence-electron chi connectivity index (χ4n) is 2.83. The standard InChI is InChI=1S/C16H24N2O4.ClH/c1-20-11-8-13(21-2)12(14(9-11)22-3)10-18-15(19)16(17)6-4-5-7-16;/h8-9H,4-7,10,17H2,1-3H3,(H,18,19);1H. The minimum Gasteiger partial charge on any atom is -0.496 e. The first kappa shape index (κ1) is 19.4. The lowest BCUT2D eigenvalue weighted by Crippen LogP contribution is -2.51. The topological polar surface area (TPSA) is 82.8 Å². The Balaban J connectivity index is 0.00000264. The van der Waals surface area contributed by atoms with Crippen LogP contribution in [0.5, 0.6) is 17.2 Å². The predicted octanol–water partition coefficient (Wildman–Crippen LogP) is 2.02. The number of hydrogen-bond donors (Lipinski definition) is 2. The van der Waals surface area contributed by atoms with E-state index < -0.39 is 5.54 Å². The van der Waals surface area contributed by atoms with Crippen molar-refractivity contribution in [3.63, 3.8) is 0 Å². The highest BCUT2D eigenvalue weighted by atomic mass is 35.5. The molecule has 0 unspecified atom stereocenters. The number of ether oxygens (including phenoxy) is 3. The summed E-state index contributed by atoms with van der Waals surface area (Å²) in [6, 6.07) is 3.52. The number of rotatable bonds is 6. The zero-order chi connectivity index (χ0) is 16.2. The van der Waals surface area contributed by atoms with E-state index in [9.17, 15) is 4.79 Å². The van der Waals surface area contributed by atoms with Crippen LogP contribution in [-0.4, -0.2) is 32.8 Å². The molecule has 0 heterocycles. The maximum absolute atomic E-state index is 12.3. The zero-order valence-corrected chi connectivity index (χ0v) is 14.6. The minimum absolute atomic E-state index is 0. The monoisotopic (exact) mass is 344 g/mol. The number of amides is 1. The van der Waals surface area contributed by atoms with Gasteiger partial charge in [0.1, 0.15) is 17.2 Å². The van der Waals surface area contributed by atoms with Gasteiger partial charge in [0.15, 0.2) is 0 Å². The lowest BCUT2D eigenvalue weighted by atomic mass is 9.98. The van der Waals surface area contributed by atoms with E-state index >= 15 is 0 Å². The fraction of sp³-hybridized carbons (Fsp3) is 0.562. The molecule has 1 amide bonds. The van der Waals surface area contributed by atoms with Gasteiger partial charge in [-0.2, -0.15) is 0 Å². The van der Waals surface area contributed by atoms with Crippen LogP contribution in [0, 0.1) is 0 Å². The Bertz CT molecular complexity index is 520. The Kier molecular flexibility index (Phi) is 6.97. The van der Waals surface area contributed by atoms with E-state index in [1.807, 2.05) is 0 Å². The van der Waals surface area contributed by atoms with Gasteiger partial charge >= 0.3 is 0 Å². The minimum atomic E-state index is -0.743. The van der Waals surface area contributed by atoms with Gasteiger partial charge in [-0.25, -0.2) is 0 Å². The average molecular weight is 345 g/mol. The molecule has 0 aromatic heterocycles. The summed E-state index contributed by atoms with van der Waals surface area (Å²) in [6.45, 7) is 0.300. The zero-order valence-electron chi connectivity index (χ0n) is 13.8. The van der Waals surface area contributed by atoms with Crippen molar-refractivity contribution in [1.82, 2.24) is 5.32 Å². The molecule has 1 aliphatic carbocycles. The van der Waals surface area contributed by atoms with Crippen molar-refractivity contribution in [2.45, 2.75) is 37.8 Å². The smallest absolute Gasteiger partial charge is 0.240 e. The summed E-state index contributed by atoms with van der Waals surface area (Å²) in [7, 11) is 4.72. The van der Waals surface area contributed by atoms with E-state index in [-0.39, 0.29) is 18.3 Å². The van der Waals surface area contributed by atoms with Gasteiger partial charge in [-0.15, -0.1) is 12.4 Å². The third kappa shape index (κ3) is 4.20. The quantitative estimate of drug-likeness (QED) is 0.825. The van der Waals surface area contributed by atoms with Crippen LogP contribution in [0.25, 0.3) is 0 Å². The van der Waals surface area contributed by atoms with Crippen molar-refractivity contribution < 1.29 is 19.0 Å². The molecule has 1 saturated carbocycles. The molecule has 2 rings (SSSR count). The summed E-state index contributed by atoms with van der Waals surface area (Å²) >= 11 is 0. The molecule has 0 aliphatic heterocycles. The van der Waals surface area contributed by atoms with Crippen molar-refractivity contribution in [2.75, 3.05) is 21.3 Å². The molecule has 3 N–H and O–H groups in total. The first-order chi connectivity index (χ1) is 10.5. The van der Waals surface area contributed by atoms with Gasteiger partial charge in [0, 0.05) is 12.1 Å². The van der Waals surface area contributed by atoms with Gasteiger partial charge in [0.2, 0.25) is 5.91 Å². The molecule has 0 atom stereocenters. The van der Waals surface area contributed by atoms with Crippen molar-refractivity contribution in [2.24, 2.45) is 5.73 Å². The molecule has 7 heteroatoms. The van der Waals surface area contributed by atoms with Crippen LogP contribution in [0.2, 0.25) is 0 Å². The third-order valence-electron chi connectivity index (χ3n) is 4.19. The maximum atomic E-state index is 12.3. The second kappa shape index (κ2) is 8.26. The Morgan fingerprint density at radius 3 is 2.09 bits per heavy atom. The number of halogens is 1. The Morgan fingerprint density at radius 2 is 1.65 bits per heavy atom. The van der Waals surface area contributed by atoms with Gasteiger partial charge in [-0.05, 0) is 12.8 Å². The molecule has 1 fully saturated rings. The highest BCUT2D eigenvalue weighted by Crippen LogP contribution is 2.34. The number of hydrogen-bond acceptors (Lipinski definition) is 5. The summed E-state index contributed by atoms with van der Waals surface area (Å²) in [4.78, 5) is 12.3. The molecular formula is C16H25ClN2O4. The summed E-state index contributed by atoms with van der Waals surface area (Å²) < 4.78 is 16.0. The first-order valence-corrected chi connectivity index (χ1v) is 7.40. The largest absolute Gasteiger partial charge is 0.496 e. The number of methoxy groups -OCH3 is 3. The van der Waals surface area contributed by atoms with E-state index in [0.29, 0.717) is 23.8 Å². The normalized spacial score (nSPS) is 15.5. The first-order valence-electron chi connectivity index (χ1n) is 7.40. The average Bonchev–Trinajstić information content (AvgIpc) is 2.99. The Hall–Kier alpha value is -1.66. The summed E-state index contributed by atoms with van der Waals surface area (Å²) in [5, 5.41) is 2.90. The summed E-state index contributed by atoms with van der Waals surface area (Å²) in [5.74, 6) is 1.72. The number of carbonyl (C=O) groups is 1. The summed E-state index contributed by atoms with van der Waals surface area (Å²) in [6.07, 6.45) is 3.46. The van der Waals surface area contributed by atoms with Crippen molar-refractivity contribution >= 4 is 18.3 Å². The molecule has 0 radical (unpaired) electrons. The highest BCUT2D eigenvalue weighted by molar-refractivity contribution is 5.86. The van der Waals surface area contributed by atoms with Crippen LogP contribution in [0.3, 0.4) is 0 Å². The molecule has 23 heavy (non-hydrogen) atoms. The molecular weight excluding hydrogens is 320 g/mol. The van der Waals surface area contributed by atoms with Crippen LogP contribution in [0.15, 0.2) is 12.1 Å². The lowest BCUT2D eigenvalue weighted by molar-refractivity contribution is -0.126. The third-order valence-corrected chi connectivity index (χ3v) is 4.19. The molecule has 130 valence electrons. The van der Waals surface area contributed by atoms with Gasteiger partial charge < -0.3 is 25.3 Å². The number of benzene rings is 1. The van der Waals surface area contributed by atoms with Gasteiger partial charge in [-0.1, -0.05) is 12.8 Å². The molecule has 0 spiro atoms. The molecule has 1 aliphatic rings. The van der Waals surface area contributed by atoms with Crippen LogP contribution < -0.4 is 25.3 Å². The van der Waals surface area contributed by atoms with E-state index in [1.165, 1.54) is 0 Å². The Labute approximate surface area is 143 Å². The molecule has 1 aromatic carbocycles. The lowest BCUT2D eigenvalue weighted by Gasteiger charge is -2.23.